The van der Waals surface area contributed by atoms with Crippen LogP contribution in [0.4, 0.5) is 0 Å². The zero-order valence-electron chi connectivity index (χ0n) is 25.7. The van der Waals surface area contributed by atoms with Crippen LogP contribution in [0.5, 0.6) is 0 Å². The average Bonchev–Trinajstić information content (AvgIpc) is 3.16. The van der Waals surface area contributed by atoms with Gasteiger partial charge in [-0.3, -0.25) is 4.98 Å². The van der Waals surface area contributed by atoms with E-state index < -0.39 is 0 Å². The average molecular weight is 561 g/mol. The summed E-state index contributed by atoms with van der Waals surface area (Å²) in [6.45, 7) is 6.73. The molecule has 3 aromatic carbocycles. The molecular formula is C41H40N2. The van der Waals surface area contributed by atoms with E-state index in [0.29, 0.717) is 0 Å². The highest BCUT2D eigenvalue weighted by molar-refractivity contribution is 5.98. The van der Waals surface area contributed by atoms with Gasteiger partial charge >= 0.3 is 0 Å². The van der Waals surface area contributed by atoms with E-state index in [1.807, 2.05) is 12.4 Å². The molecule has 0 fully saturated rings. The van der Waals surface area contributed by atoms with Crippen molar-refractivity contribution in [2.75, 3.05) is 0 Å². The van der Waals surface area contributed by atoms with Gasteiger partial charge in [0.25, 0.3) is 0 Å². The second-order valence-electron chi connectivity index (χ2n) is 11.6. The minimum Gasteiger partial charge on any atom is -0.344 e. The standard InChI is InChI=1S/C41H40N2/c1-5-6-7-9-16-29(2)40(32-18-15-26-42-28-32)35-20-12-13-21-36(35)41-30(3)17-14-22-33(41)31-24-25-39-37(27-31)34-19-10-8-11-23-38(34)43(39)4/h6-7,9-29,40H,5,8H2,1-4H3/b7-6-,16-9-. The number of hydrogen-bond acceptors (Lipinski definition) is 1. The van der Waals surface area contributed by atoms with Gasteiger partial charge in [-0.1, -0.05) is 111 Å². The quantitative estimate of drug-likeness (QED) is 0.173. The van der Waals surface area contributed by atoms with Crippen LogP contribution in [0.15, 0.2) is 122 Å². The summed E-state index contributed by atoms with van der Waals surface area (Å²) in [6, 6.07) is 26.9. The van der Waals surface area contributed by atoms with E-state index in [1.54, 1.807) is 0 Å². The fourth-order valence-electron chi connectivity index (χ4n) is 6.63. The Labute approximate surface area is 256 Å². The summed E-state index contributed by atoms with van der Waals surface area (Å²) in [7, 11) is 2.17. The van der Waals surface area contributed by atoms with Crippen molar-refractivity contribution in [3.63, 3.8) is 0 Å². The van der Waals surface area contributed by atoms with Crippen molar-refractivity contribution in [2.45, 2.75) is 39.5 Å². The third kappa shape index (κ3) is 5.58. The Kier molecular flexibility index (Phi) is 8.38. The third-order valence-electron chi connectivity index (χ3n) is 8.73. The molecule has 2 nitrogen and oxygen atoms in total. The number of hydrogen-bond donors (Lipinski definition) is 0. The van der Waals surface area contributed by atoms with Crippen LogP contribution in [0, 0.1) is 12.8 Å². The van der Waals surface area contributed by atoms with Gasteiger partial charge in [0.15, 0.2) is 0 Å². The van der Waals surface area contributed by atoms with Crippen molar-refractivity contribution in [3.05, 3.63) is 150 Å². The number of fused-ring (bicyclic) bond motifs is 3. The predicted octanol–water partition coefficient (Wildman–Crippen LogP) is 10.9. The molecule has 43 heavy (non-hydrogen) atoms. The molecule has 0 amide bonds. The first-order valence-corrected chi connectivity index (χ1v) is 15.5. The normalized spacial score (nSPS) is 14.4. The van der Waals surface area contributed by atoms with E-state index in [4.69, 9.17) is 0 Å². The maximum absolute atomic E-state index is 4.53. The van der Waals surface area contributed by atoms with Crippen molar-refractivity contribution < 1.29 is 0 Å². The van der Waals surface area contributed by atoms with Crippen LogP contribution >= 0.6 is 0 Å². The molecule has 5 aromatic rings. The van der Waals surface area contributed by atoms with Crippen LogP contribution in [0.25, 0.3) is 45.3 Å². The number of pyridine rings is 1. The van der Waals surface area contributed by atoms with Gasteiger partial charge in [-0.2, -0.15) is 0 Å². The molecule has 2 atom stereocenters. The number of aromatic nitrogens is 2. The van der Waals surface area contributed by atoms with Crippen LogP contribution in [-0.4, -0.2) is 9.55 Å². The fourth-order valence-corrected chi connectivity index (χ4v) is 6.63. The molecule has 0 radical (unpaired) electrons. The lowest BCUT2D eigenvalue weighted by Crippen LogP contribution is -2.12. The van der Waals surface area contributed by atoms with Crippen LogP contribution in [-0.2, 0) is 7.05 Å². The molecule has 214 valence electrons. The molecule has 6 rings (SSSR count). The van der Waals surface area contributed by atoms with Crippen LogP contribution < -0.4 is 0 Å². The lowest BCUT2D eigenvalue weighted by Gasteiger charge is -2.26. The molecule has 1 aliphatic rings. The molecule has 2 heteroatoms. The predicted molar refractivity (Wildman–Crippen MR) is 185 cm³/mol. The number of allylic oxidation sites excluding steroid dienone is 6. The van der Waals surface area contributed by atoms with E-state index in [-0.39, 0.29) is 11.8 Å². The van der Waals surface area contributed by atoms with E-state index in [0.717, 1.165) is 12.8 Å². The minimum absolute atomic E-state index is 0.160. The molecule has 0 saturated carbocycles. The molecule has 0 N–H and O–H groups in total. The van der Waals surface area contributed by atoms with Gasteiger partial charge in [0.1, 0.15) is 0 Å². The van der Waals surface area contributed by atoms with Crippen molar-refractivity contribution in [1.82, 2.24) is 9.55 Å². The second kappa shape index (κ2) is 12.7. The summed E-state index contributed by atoms with van der Waals surface area (Å²) < 4.78 is 2.32. The smallest absolute Gasteiger partial charge is 0.0489 e. The highest BCUT2D eigenvalue weighted by Gasteiger charge is 2.25. The monoisotopic (exact) mass is 560 g/mol. The van der Waals surface area contributed by atoms with Crippen molar-refractivity contribution in [2.24, 2.45) is 13.0 Å². The Morgan fingerprint density at radius 2 is 1.74 bits per heavy atom. The Bertz CT molecular complexity index is 1860. The van der Waals surface area contributed by atoms with Gasteiger partial charge in [0, 0.05) is 47.5 Å². The third-order valence-corrected chi connectivity index (χ3v) is 8.73. The molecule has 2 heterocycles. The molecular weight excluding hydrogens is 520 g/mol. The maximum Gasteiger partial charge on any atom is 0.0489 e. The van der Waals surface area contributed by atoms with E-state index in [2.05, 4.69) is 159 Å². The summed E-state index contributed by atoms with van der Waals surface area (Å²) in [5, 5.41) is 1.30. The maximum atomic E-state index is 4.53. The highest BCUT2D eigenvalue weighted by Crippen LogP contribution is 2.44. The van der Waals surface area contributed by atoms with Gasteiger partial charge in [-0.05, 0) is 88.9 Å². The van der Waals surface area contributed by atoms with E-state index in [1.165, 1.54) is 61.1 Å². The number of benzene rings is 3. The van der Waals surface area contributed by atoms with Crippen LogP contribution in [0.1, 0.15) is 60.6 Å². The Morgan fingerprint density at radius 1 is 0.907 bits per heavy atom. The largest absolute Gasteiger partial charge is 0.344 e. The van der Waals surface area contributed by atoms with Gasteiger partial charge < -0.3 is 4.57 Å². The van der Waals surface area contributed by atoms with Crippen LogP contribution in [0.2, 0.25) is 0 Å². The van der Waals surface area contributed by atoms with Crippen molar-refractivity contribution >= 4 is 23.1 Å². The van der Waals surface area contributed by atoms with E-state index in [9.17, 15) is 0 Å². The zero-order valence-corrected chi connectivity index (χ0v) is 25.7. The topological polar surface area (TPSA) is 17.8 Å². The van der Waals surface area contributed by atoms with Gasteiger partial charge in [-0.25, -0.2) is 0 Å². The lowest BCUT2D eigenvalue weighted by atomic mass is 9.77. The Balaban J connectivity index is 1.53. The molecule has 0 saturated heterocycles. The Morgan fingerprint density at radius 3 is 2.58 bits per heavy atom. The van der Waals surface area contributed by atoms with Crippen molar-refractivity contribution in [1.29, 1.82) is 0 Å². The van der Waals surface area contributed by atoms with Crippen LogP contribution in [0.3, 0.4) is 0 Å². The van der Waals surface area contributed by atoms with Gasteiger partial charge in [-0.15, -0.1) is 0 Å². The molecule has 1 aliphatic carbocycles. The zero-order chi connectivity index (χ0) is 29.8. The molecule has 0 bridgehead atoms. The summed E-state index contributed by atoms with van der Waals surface area (Å²) in [5.74, 6) is 0.434. The molecule has 0 spiro atoms. The number of aryl methyl sites for hydroxylation is 2. The lowest BCUT2D eigenvalue weighted by molar-refractivity contribution is 0.623. The van der Waals surface area contributed by atoms with E-state index >= 15 is 0 Å². The Hall–Kier alpha value is -4.69. The number of rotatable bonds is 8. The molecule has 0 aliphatic heterocycles. The summed E-state index contributed by atoms with van der Waals surface area (Å²) in [5.41, 5.74) is 12.7. The first-order chi connectivity index (χ1) is 21.1. The fraction of sp³-hybridized carbons (Fsp3) is 0.195. The van der Waals surface area contributed by atoms with Crippen molar-refractivity contribution in [3.8, 4) is 22.3 Å². The molecule has 2 unspecified atom stereocenters. The summed E-state index contributed by atoms with van der Waals surface area (Å²) in [6.07, 6.45) is 23.8. The summed E-state index contributed by atoms with van der Waals surface area (Å²) >= 11 is 0. The highest BCUT2D eigenvalue weighted by atomic mass is 14.9. The second-order valence-corrected chi connectivity index (χ2v) is 11.6. The summed E-state index contributed by atoms with van der Waals surface area (Å²) in [4.78, 5) is 4.53. The SMILES string of the molecule is CC/C=C\C=C/C(C)C(c1cccnc1)c1ccccc1-c1c(C)cccc1-c1ccc2c(c1)c1c(n2C)C=CCC=C1. The van der Waals surface area contributed by atoms with Gasteiger partial charge in [0.2, 0.25) is 0 Å². The molecule has 2 aromatic heterocycles. The van der Waals surface area contributed by atoms with Gasteiger partial charge in [0.05, 0.1) is 0 Å². The first kappa shape index (κ1) is 28.4. The number of nitrogens with zero attached hydrogens (tertiary/aromatic N) is 2. The minimum atomic E-state index is 0.160. The first-order valence-electron chi connectivity index (χ1n) is 15.5.